The number of likely N-dealkylation sites (N-methyl/N-ethyl adjacent to an activating group) is 1. The minimum atomic E-state index is -0.136. The molecule has 0 saturated carbocycles. The molecule has 0 saturated heterocycles. The Morgan fingerprint density at radius 2 is 2.04 bits per heavy atom. The van der Waals surface area contributed by atoms with Crippen molar-refractivity contribution in [2.45, 2.75) is 6.54 Å². The number of anilines is 1. The molecule has 124 valence electrons. The number of thiazole rings is 1. The fourth-order valence-corrected chi connectivity index (χ4v) is 3.80. The molecule has 3 aromatic rings. The summed E-state index contributed by atoms with van der Waals surface area (Å²) in [5, 5.41) is 4.73. The third-order valence-corrected chi connectivity index (χ3v) is 4.93. The van der Waals surface area contributed by atoms with Gasteiger partial charge >= 0.3 is 0 Å². The zero-order valence-corrected chi connectivity index (χ0v) is 15.3. The van der Waals surface area contributed by atoms with Gasteiger partial charge in [-0.1, -0.05) is 35.3 Å². The van der Waals surface area contributed by atoms with Crippen molar-refractivity contribution in [2.24, 2.45) is 0 Å². The van der Waals surface area contributed by atoms with Gasteiger partial charge in [0.1, 0.15) is 5.01 Å². The Morgan fingerprint density at radius 3 is 2.79 bits per heavy atom. The van der Waals surface area contributed by atoms with Gasteiger partial charge < -0.3 is 5.32 Å². The fraction of sp³-hybridized carbons (Fsp3) is 0.176. The second-order valence-corrected chi connectivity index (χ2v) is 7.38. The highest BCUT2D eigenvalue weighted by molar-refractivity contribution is 7.18. The van der Waals surface area contributed by atoms with Crippen molar-refractivity contribution in [3.8, 4) is 0 Å². The van der Waals surface area contributed by atoms with Crippen LogP contribution in [0.1, 0.15) is 5.01 Å². The van der Waals surface area contributed by atoms with Gasteiger partial charge in [-0.25, -0.2) is 4.98 Å². The van der Waals surface area contributed by atoms with Crippen LogP contribution in [0.5, 0.6) is 0 Å². The Kier molecular flexibility index (Phi) is 5.36. The summed E-state index contributed by atoms with van der Waals surface area (Å²) in [5.74, 6) is -0.136. The van der Waals surface area contributed by atoms with E-state index in [0.29, 0.717) is 22.3 Å². The van der Waals surface area contributed by atoms with Crippen molar-refractivity contribution in [3.63, 3.8) is 0 Å². The minimum absolute atomic E-state index is 0.136. The number of aromatic nitrogens is 1. The zero-order chi connectivity index (χ0) is 17.1. The van der Waals surface area contributed by atoms with Gasteiger partial charge in [0.05, 0.1) is 34.0 Å². The summed E-state index contributed by atoms with van der Waals surface area (Å²) < 4.78 is 1.15. The number of carbonyl (C=O) groups excluding carboxylic acids is 1. The summed E-state index contributed by atoms with van der Waals surface area (Å²) in [4.78, 5) is 18.7. The maximum atomic E-state index is 12.2. The van der Waals surface area contributed by atoms with Crippen LogP contribution in [0.15, 0.2) is 42.5 Å². The summed E-state index contributed by atoms with van der Waals surface area (Å²) in [6.45, 7) is 0.857. The SMILES string of the molecule is CN(CC(=O)Nc1ccc(Cl)cc1Cl)Cc1nc2ccccc2s1. The normalized spacial score (nSPS) is 11.2. The number of hydrogen-bond donors (Lipinski definition) is 1. The van der Waals surface area contributed by atoms with Gasteiger partial charge in [0.15, 0.2) is 0 Å². The number of amides is 1. The Hall–Kier alpha value is -1.66. The van der Waals surface area contributed by atoms with E-state index in [1.165, 1.54) is 0 Å². The van der Waals surface area contributed by atoms with Crippen LogP contribution in [0.3, 0.4) is 0 Å². The van der Waals surface area contributed by atoms with Crippen LogP contribution in [-0.4, -0.2) is 29.4 Å². The predicted octanol–water partition coefficient (Wildman–Crippen LogP) is 4.67. The molecule has 0 aliphatic heterocycles. The maximum Gasteiger partial charge on any atom is 0.238 e. The van der Waals surface area contributed by atoms with E-state index >= 15 is 0 Å². The maximum absolute atomic E-state index is 12.2. The highest BCUT2D eigenvalue weighted by atomic mass is 35.5. The lowest BCUT2D eigenvalue weighted by Gasteiger charge is -2.15. The van der Waals surface area contributed by atoms with Gasteiger partial charge in [-0.3, -0.25) is 9.69 Å². The topological polar surface area (TPSA) is 45.2 Å². The number of fused-ring (bicyclic) bond motifs is 1. The molecule has 0 unspecified atom stereocenters. The first-order valence-electron chi connectivity index (χ1n) is 7.29. The molecule has 0 radical (unpaired) electrons. The Bertz CT molecular complexity index is 848. The monoisotopic (exact) mass is 379 g/mol. The third-order valence-electron chi connectivity index (χ3n) is 3.36. The lowest BCUT2D eigenvalue weighted by Crippen LogP contribution is -2.29. The van der Waals surface area contributed by atoms with Crippen LogP contribution in [0, 0.1) is 0 Å². The molecule has 7 heteroatoms. The quantitative estimate of drug-likeness (QED) is 0.700. The van der Waals surface area contributed by atoms with Crippen LogP contribution in [-0.2, 0) is 11.3 Å². The van der Waals surface area contributed by atoms with Crippen molar-refractivity contribution in [1.82, 2.24) is 9.88 Å². The molecular weight excluding hydrogens is 365 g/mol. The third kappa shape index (κ3) is 4.24. The highest BCUT2D eigenvalue weighted by Crippen LogP contribution is 2.25. The van der Waals surface area contributed by atoms with E-state index in [4.69, 9.17) is 23.2 Å². The van der Waals surface area contributed by atoms with E-state index in [2.05, 4.69) is 10.3 Å². The van der Waals surface area contributed by atoms with Crippen molar-refractivity contribution < 1.29 is 4.79 Å². The van der Waals surface area contributed by atoms with E-state index < -0.39 is 0 Å². The van der Waals surface area contributed by atoms with Crippen molar-refractivity contribution in [2.75, 3.05) is 18.9 Å². The first-order chi connectivity index (χ1) is 11.5. The molecule has 0 fully saturated rings. The zero-order valence-electron chi connectivity index (χ0n) is 12.9. The number of carbonyl (C=O) groups is 1. The van der Waals surface area contributed by atoms with Gasteiger partial charge in [-0.2, -0.15) is 0 Å². The number of hydrogen-bond acceptors (Lipinski definition) is 4. The number of nitrogens with zero attached hydrogens (tertiary/aromatic N) is 2. The number of halogens is 2. The van der Waals surface area contributed by atoms with Gasteiger partial charge in [-0.05, 0) is 37.4 Å². The summed E-state index contributed by atoms with van der Waals surface area (Å²) >= 11 is 13.6. The fourth-order valence-electron chi connectivity index (χ4n) is 2.30. The number of para-hydroxylation sites is 1. The average molecular weight is 380 g/mol. The van der Waals surface area contributed by atoms with Crippen LogP contribution >= 0.6 is 34.5 Å². The Balaban J connectivity index is 1.59. The molecule has 0 aliphatic carbocycles. The van der Waals surface area contributed by atoms with Crippen molar-refractivity contribution in [3.05, 3.63) is 57.5 Å². The Labute approximate surface area is 154 Å². The summed E-state index contributed by atoms with van der Waals surface area (Å²) in [7, 11) is 1.88. The summed E-state index contributed by atoms with van der Waals surface area (Å²) in [6.07, 6.45) is 0. The standard InChI is InChI=1S/C17H15Cl2N3OS/c1-22(10-17-21-14-4-2-3-5-15(14)24-17)9-16(23)20-13-7-6-11(18)8-12(13)19/h2-8H,9-10H2,1H3,(H,20,23). The van der Waals surface area contributed by atoms with Crippen LogP contribution in [0.25, 0.3) is 10.2 Å². The molecule has 0 spiro atoms. The van der Waals surface area contributed by atoms with E-state index in [-0.39, 0.29) is 12.5 Å². The van der Waals surface area contributed by atoms with Crippen molar-refractivity contribution >= 4 is 56.3 Å². The number of benzene rings is 2. The largest absolute Gasteiger partial charge is 0.324 e. The molecule has 0 atom stereocenters. The summed E-state index contributed by atoms with van der Waals surface area (Å²) in [5.41, 5.74) is 1.54. The first kappa shape index (κ1) is 17.2. The summed E-state index contributed by atoms with van der Waals surface area (Å²) in [6, 6.07) is 13.0. The number of nitrogens with one attached hydrogen (secondary N) is 1. The smallest absolute Gasteiger partial charge is 0.238 e. The molecule has 0 bridgehead atoms. The molecule has 0 aliphatic rings. The molecule has 24 heavy (non-hydrogen) atoms. The molecule has 1 amide bonds. The molecule has 1 aromatic heterocycles. The van der Waals surface area contributed by atoms with Gasteiger partial charge in [0.2, 0.25) is 5.91 Å². The average Bonchev–Trinajstić information content (AvgIpc) is 2.91. The first-order valence-corrected chi connectivity index (χ1v) is 8.86. The van der Waals surface area contributed by atoms with Gasteiger partial charge in [0.25, 0.3) is 0 Å². The predicted molar refractivity (Wildman–Crippen MR) is 101 cm³/mol. The Morgan fingerprint density at radius 1 is 1.25 bits per heavy atom. The number of rotatable bonds is 5. The van der Waals surface area contributed by atoms with E-state index in [9.17, 15) is 4.79 Å². The highest BCUT2D eigenvalue weighted by Gasteiger charge is 2.12. The minimum Gasteiger partial charge on any atom is -0.324 e. The molecular formula is C17H15Cl2N3OS. The van der Waals surface area contributed by atoms with Gasteiger partial charge in [0, 0.05) is 5.02 Å². The van der Waals surface area contributed by atoms with Gasteiger partial charge in [-0.15, -0.1) is 11.3 Å². The second kappa shape index (κ2) is 7.49. The van der Waals surface area contributed by atoms with Crippen LogP contribution in [0.2, 0.25) is 10.0 Å². The molecule has 4 nitrogen and oxygen atoms in total. The van der Waals surface area contributed by atoms with Crippen LogP contribution in [0.4, 0.5) is 5.69 Å². The lowest BCUT2D eigenvalue weighted by molar-refractivity contribution is -0.117. The van der Waals surface area contributed by atoms with Crippen molar-refractivity contribution in [1.29, 1.82) is 0 Å². The lowest BCUT2D eigenvalue weighted by atomic mass is 10.3. The molecule has 1 N–H and O–H groups in total. The molecule has 2 aromatic carbocycles. The van der Waals surface area contributed by atoms with E-state index in [1.54, 1.807) is 29.5 Å². The van der Waals surface area contributed by atoms with E-state index in [0.717, 1.165) is 15.2 Å². The molecule has 3 rings (SSSR count). The van der Waals surface area contributed by atoms with E-state index in [1.807, 2.05) is 36.2 Å². The molecule has 1 heterocycles. The second-order valence-electron chi connectivity index (χ2n) is 5.42. The van der Waals surface area contributed by atoms with Crippen LogP contribution < -0.4 is 5.32 Å².